The van der Waals surface area contributed by atoms with E-state index < -0.39 is 0 Å². The number of fused-ring (bicyclic) bond motifs is 1. The number of nitrogens with zero attached hydrogens (tertiary/aromatic N) is 1. The van der Waals surface area contributed by atoms with Crippen molar-refractivity contribution in [1.82, 2.24) is 10.3 Å². The number of rotatable bonds is 3. The van der Waals surface area contributed by atoms with Crippen molar-refractivity contribution in [2.75, 3.05) is 18.5 Å². The van der Waals surface area contributed by atoms with Crippen LogP contribution in [-0.2, 0) is 6.54 Å². The molecule has 0 aliphatic carbocycles. The van der Waals surface area contributed by atoms with Crippen LogP contribution in [0.5, 0.6) is 5.88 Å². The summed E-state index contributed by atoms with van der Waals surface area (Å²) in [5.74, 6) is 1.66. The van der Waals surface area contributed by atoms with Gasteiger partial charge >= 0.3 is 0 Å². The molecule has 0 fully saturated rings. The molecule has 0 bridgehead atoms. The van der Waals surface area contributed by atoms with Gasteiger partial charge in [0.1, 0.15) is 12.4 Å². The van der Waals surface area contributed by atoms with Crippen molar-refractivity contribution in [3.05, 3.63) is 17.7 Å². The third kappa shape index (κ3) is 3.78. The highest BCUT2D eigenvalue weighted by molar-refractivity contribution is 7.59. The molecule has 17 heavy (non-hydrogen) atoms. The van der Waals surface area contributed by atoms with E-state index in [1.54, 1.807) is 0 Å². The number of aromatic nitrogens is 1. The molecule has 0 unspecified atom stereocenters. The summed E-state index contributed by atoms with van der Waals surface area (Å²) in [7, 11) is 0. The Bertz CT molecular complexity index is 360. The maximum atomic E-state index is 5.59. The number of nitrogens with one attached hydrogen (secondary N) is 2. The summed E-state index contributed by atoms with van der Waals surface area (Å²) in [5, 5.41) is 6.64. The van der Waals surface area contributed by atoms with E-state index >= 15 is 0 Å². The molecule has 2 rings (SSSR count). The van der Waals surface area contributed by atoms with E-state index in [1.165, 1.54) is 0 Å². The van der Waals surface area contributed by atoms with Crippen molar-refractivity contribution in [2.24, 2.45) is 0 Å². The summed E-state index contributed by atoms with van der Waals surface area (Å²) in [6.45, 7) is 6.71. The lowest BCUT2D eigenvalue weighted by Crippen LogP contribution is -2.16. The number of anilines is 1. The van der Waals surface area contributed by atoms with Gasteiger partial charge in [0, 0.05) is 24.7 Å². The fourth-order valence-electron chi connectivity index (χ4n) is 1.61. The molecule has 2 heterocycles. The van der Waals surface area contributed by atoms with E-state index in [0.29, 0.717) is 12.6 Å². The van der Waals surface area contributed by atoms with E-state index in [-0.39, 0.29) is 13.5 Å². The molecule has 4 nitrogen and oxygen atoms in total. The number of hydrogen-bond donors (Lipinski definition) is 2. The molecule has 1 aliphatic rings. The topological polar surface area (TPSA) is 46.2 Å². The lowest BCUT2D eigenvalue weighted by molar-refractivity contribution is 0.314. The molecular formula is C12H21N3OS. The standard InChI is InChI=1S/C12H19N3O.H2S/c1-3-9(2)14-11-5-4-10-8-13-6-7-16-12(10)15-11;/h4-5,9,13H,3,6-8H2,1-2H3,(H,14,15);1H2/t9-;/m0./s1. The van der Waals surface area contributed by atoms with Crippen LogP contribution < -0.4 is 15.4 Å². The first kappa shape index (κ1) is 14.1. The predicted molar refractivity (Wildman–Crippen MR) is 75.2 cm³/mol. The van der Waals surface area contributed by atoms with Crippen LogP contribution >= 0.6 is 13.5 Å². The Labute approximate surface area is 110 Å². The van der Waals surface area contributed by atoms with Crippen LogP contribution in [0.4, 0.5) is 5.82 Å². The average molecular weight is 255 g/mol. The van der Waals surface area contributed by atoms with Gasteiger partial charge in [0.2, 0.25) is 5.88 Å². The molecule has 5 heteroatoms. The monoisotopic (exact) mass is 255 g/mol. The molecule has 1 atom stereocenters. The average Bonchev–Trinajstić information content (AvgIpc) is 2.53. The summed E-state index contributed by atoms with van der Waals surface area (Å²) >= 11 is 0. The second kappa shape index (κ2) is 6.71. The van der Waals surface area contributed by atoms with Crippen molar-refractivity contribution in [3.8, 4) is 5.88 Å². The van der Waals surface area contributed by atoms with Gasteiger partial charge in [-0.15, -0.1) is 0 Å². The van der Waals surface area contributed by atoms with Crippen LogP contribution in [0.15, 0.2) is 12.1 Å². The molecule has 0 spiro atoms. The molecule has 0 aromatic carbocycles. The Hall–Kier alpha value is -0.940. The molecule has 2 N–H and O–H groups in total. The van der Waals surface area contributed by atoms with Crippen LogP contribution in [-0.4, -0.2) is 24.2 Å². The predicted octanol–water partition coefficient (Wildman–Crippen LogP) is 1.89. The minimum atomic E-state index is 0. The Morgan fingerprint density at radius 3 is 3.12 bits per heavy atom. The highest BCUT2D eigenvalue weighted by Gasteiger charge is 2.11. The second-order valence-corrected chi connectivity index (χ2v) is 4.14. The molecule has 0 saturated carbocycles. The summed E-state index contributed by atoms with van der Waals surface area (Å²) in [6.07, 6.45) is 1.08. The van der Waals surface area contributed by atoms with Crippen LogP contribution in [0.1, 0.15) is 25.8 Å². The number of ether oxygens (including phenoxy) is 1. The Balaban J connectivity index is 0.00000144. The van der Waals surface area contributed by atoms with Crippen LogP contribution in [0.2, 0.25) is 0 Å². The van der Waals surface area contributed by atoms with Crippen molar-refractivity contribution < 1.29 is 4.74 Å². The Kier molecular flexibility index (Phi) is 5.58. The van der Waals surface area contributed by atoms with Crippen LogP contribution in [0.3, 0.4) is 0 Å². The lowest BCUT2D eigenvalue weighted by Gasteiger charge is -2.13. The molecule has 1 aromatic rings. The zero-order valence-electron chi connectivity index (χ0n) is 10.4. The first-order valence-electron chi connectivity index (χ1n) is 5.89. The lowest BCUT2D eigenvalue weighted by atomic mass is 10.2. The van der Waals surface area contributed by atoms with E-state index in [0.717, 1.165) is 36.8 Å². The maximum Gasteiger partial charge on any atom is 0.219 e. The number of pyridine rings is 1. The van der Waals surface area contributed by atoms with Crippen molar-refractivity contribution in [3.63, 3.8) is 0 Å². The van der Waals surface area contributed by atoms with Crippen LogP contribution in [0.25, 0.3) is 0 Å². The summed E-state index contributed by atoms with van der Waals surface area (Å²) in [4.78, 5) is 4.49. The van der Waals surface area contributed by atoms with Gasteiger partial charge in [-0.1, -0.05) is 6.92 Å². The van der Waals surface area contributed by atoms with Gasteiger partial charge in [-0.3, -0.25) is 0 Å². The third-order valence-electron chi connectivity index (χ3n) is 2.78. The summed E-state index contributed by atoms with van der Waals surface area (Å²) in [6, 6.07) is 4.53. The maximum absolute atomic E-state index is 5.59. The minimum Gasteiger partial charge on any atom is -0.476 e. The third-order valence-corrected chi connectivity index (χ3v) is 2.78. The smallest absolute Gasteiger partial charge is 0.219 e. The largest absolute Gasteiger partial charge is 0.476 e. The molecule has 0 amide bonds. The Morgan fingerprint density at radius 2 is 2.35 bits per heavy atom. The van der Waals surface area contributed by atoms with E-state index in [4.69, 9.17) is 4.74 Å². The Morgan fingerprint density at radius 1 is 1.53 bits per heavy atom. The first-order chi connectivity index (χ1) is 7.79. The first-order valence-corrected chi connectivity index (χ1v) is 5.89. The van der Waals surface area contributed by atoms with Crippen LogP contribution in [0, 0.1) is 0 Å². The van der Waals surface area contributed by atoms with Gasteiger partial charge in [0.25, 0.3) is 0 Å². The van der Waals surface area contributed by atoms with Crippen molar-refractivity contribution in [1.29, 1.82) is 0 Å². The molecule has 1 aliphatic heterocycles. The number of hydrogen-bond acceptors (Lipinski definition) is 4. The zero-order chi connectivity index (χ0) is 11.4. The summed E-state index contributed by atoms with van der Waals surface area (Å²) < 4.78 is 5.59. The van der Waals surface area contributed by atoms with E-state index in [9.17, 15) is 0 Å². The van der Waals surface area contributed by atoms with E-state index in [2.05, 4.69) is 35.5 Å². The van der Waals surface area contributed by atoms with E-state index in [1.807, 2.05) is 6.07 Å². The molecule has 1 aromatic heterocycles. The normalized spacial score (nSPS) is 15.9. The molecule has 0 radical (unpaired) electrons. The van der Waals surface area contributed by atoms with Gasteiger partial charge in [-0.25, -0.2) is 0 Å². The van der Waals surface area contributed by atoms with Crippen molar-refractivity contribution in [2.45, 2.75) is 32.9 Å². The van der Waals surface area contributed by atoms with Gasteiger partial charge in [-0.2, -0.15) is 18.5 Å². The minimum absolute atomic E-state index is 0. The molecular weight excluding hydrogens is 234 g/mol. The van der Waals surface area contributed by atoms with Gasteiger partial charge in [0.05, 0.1) is 0 Å². The van der Waals surface area contributed by atoms with Gasteiger partial charge in [-0.05, 0) is 25.5 Å². The van der Waals surface area contributed by atoms with Gasteiger partial charge < -0.3 is 15.4 Å². The van der Waals surface area contributed by atoms with Gasteiger partial charge in [0.15, 0.2) is 0 Å². The molecule has 96 valence electrons. The van der Waals surface area contributed by atoms with Crippen molar-refractivity contribution >= 4 is 19.3 Å². The fraction of sp³-hybridized carbons (Fsp3) is 0.583. The quantitative estimate of drug-likeness (QED) is 0.866. The zero-order valence-corrected chi connectivity index (χ0v) is 11.4. The summed E-state index contributed by atoms with van der Waals surface area (Å²) in [5.41, 5.74) is 1.13. The SMILES string of the molecule is CC[C@H](C)Nc1ccc2c(n1)OCCNC2.S. The second-order valence-electron chi connectivity index (χ2n) is 4.14. The fourth-order valence-corrected chi connectivity index (χ4v) is 1.61. The highest BCUT2D eigenvalue weighted by atomic mass is 32.1. The highest BCUT2D eigenvalue weighted by Crippen LogP contribution is 2.20. The molecule has 0 saturated heterocycles.